The number of hydrogen-bond donors (Lipinski definition) is 1. The van der Waals surface area contributed by atoms with Crippen molar-refractivity contribution >= 4 is 12.2 Å². The first kappa shape index (κ1) is 10.7. The maximum atomic E-state index is 11.0. The molecule has 0 spiro atoms. The average molecular weight is 237 g/mol. The van der Waals surface area contributed by atoms with Gasteiger partial charge in [-0.1, -0.05) is 24.3 Å². The lowest BCUT2D eigenvalue weighted by atomic mass is 9.99. The molecule has 3 heteroatoms. The van der Waals surface area contributed by atoms with Gasteiger partial charge in [0, 0.05) is 6.21 Å². The van der Waals surface area contributed by atoms with Crippen molar-refractivity contribution in [3.05, 3.63) is 59.2 Å². The minimum atomic E-state index is -0.903. The number of nitrogens with zero attached hydrogens (tertiary/aromatic N) is 1. The molecule has 0 saturated carbocycles. The van der Waals surface area contributed by atoms with Crippen molar-refractivity contribution in [2.75, 3.05) is 0 Å². The van der Waals surface area contributed by atoms with Crippen molar-refractivity contribution in [1.82, 2.24) is 0 Å². The summed E-state index contributed by atoms with van der Waals surface area (Å²) in [7, 11) is 0. The first-order valence-corrected chi connectivity index (χ1v) is 5.70. The summed E-state index contributed by atoms with van der Waals surface area (Å²) in [4.78, 5) is 15.2. The van der Waals surface area contributed by atoms with Gasteiger partial charge in [0.05, 0.1) is 12.1 Å². The van der Waals surface area contributed by atoms with E-state index < -0.39 is 5.97 Å². The molecular weight excluding hydrogens is 226 g/mol. The zero-order valence-electron chi connectivity index (χ0n) is 9.63. The van der Waals surface area contributed by atoms with E-state index >= 15 is 0 Å². The van der Waals surface area contributed by atoms with E-state index in [0.29, 0.717) is 5.56 Å². The van der Waals surface area contributed by atoms with E-state index in [1.807, 2.05) is 30.5 Å². The van der Waals surface area contributed by atoms with Gasteiger partial charge in [0.1, 0.15) is 0 Å². The number of aromatic carboxylic acids is 1. The molecule has 0 atom stereocenters. The molecule has 0 aliphatic carbocycles. The second kappa shape index (κ2) is 4.11. The molecule has 3 rings (SSSR count). The summed E-state index contributed by atoms with van der Waals surface area (Å²) in [6, 6.07) is 13.1. The van der Waals surface area contributed by atoms with Gasteiger partial charge in [-0.25, -0.2) is 4.79 Å². The van der Waals surface area contributed by atoms with Crippen LogP contribution in [0.15, 0.2) is 47.5 Å². The fourth-order valence-electron chi connectivity index (χ4n) is 2.11. The molecule has 3 nitrogen and oxygen atoms in total. The molecule has 0 fully saturated rings. The van der Waals surface area contributed by atoms with Crippen molar-refractivity contribution in [3.63, 3.8) is 0 Å². The summed E-state index contributed by atoms with van der Waals surface area (Å²) in [5.41, 5.74) is 4.58. The Kier molecular flexibility index (Phi) is 2.45. The third-order valence-electron chi connectivity index (χ3n) is 3.08. The SMILES string of the molecule is O=C(O)c1cccc(-c2ccc3c(c2)C=NC3)c1. The molecule has 2 aromatic rings. The third-order valence-corrected chi connectivity index (χ3v) is 3.08. The maximum Gasteiger partial charge on any atom is 0.335 e. The van der Waals surface area contributed by atoms with Crippen LogP contribution in [0, 0.1) is 0 Å². The largest absolute Gasteiger partial charge is 0.478 e. The molecule has 0 unspecified atom stereocenters. The highest BCUT2D eigenvalue weighted by Gasteiger charge is 2.09. The second-order valence-corrected chi connectivity index (χ2v) is 4.27. The zero-order valence-corrected chi connectivity index (χ0v) is 9.63. The summed E-state index contributed by atoms with van der Waals surface area (Å²) in [5.74, 6) is -0.903. The van der Waals surface area contributed by atoms with Gasteiger partial charge in [0.25, 0.3) is 0 Å². The monoisotopic (exact) mass is 237 g/mol. The number of hydrogen-bond acceptors (Lipinski definition) is 2. The van der Waals surface area contributed by atoms with Gasteiger partial charge < -0.3 is 5.11 Å². The molecule has 1 aliphatic heterocycles. The van der Waals surface area contributed by atoms with E-state index in [4.69, 9.17) is 5.11 Å². The Morgan fingerprint density at radius 1 is 1.11 bits per heavy atom. The van der Waals surface area contributed by atoms with E-state index in [1.54, 1.807) is 18.2 Å². The Bertz CT molecular complexity index is 659. The lowest BCUT2D eigenvalue weighted by molar-refractivity contribution is 0.0697. The van der Waals surface area contributed by atoms with Crippen LogP contribution in [0.3, 0.4) is 0 Å². The summed E-state index contributed by atoms with van der Waals surface area (Å²) in [5, 5.41) is 8.99. The summed E-state index contributed by atoms with van der Waals surface area (Å²) in [6.45, 7) is 0.741. The van der Waals surface area contributed by atoms with Crippen molar-refractivity contribution in [2.45, 2.75) is 6.54 Å². The highest BCUT2D eigenvalue weighted by molar-refractivity contribution is 5.90. The van der Waals surface area contributed by atoms with E-state index in [2.05, 4.69) is 4.99 Å². The van der Waals surface area contributed by atoms with Crippen LogP contribution in [0.5, 0.6) is 0 Å². The smallest absolute Gasteiger partial charge is 0.335 e. The quantitative estimate of drug-likeness (QED) is 0.872. The molecule has 0 aromatic heterocycles. The van der Waals surface area contributed by atoms with Gasteiger partial charge in [0.2, 0.25) is 0 Å². The second-order valence-electron chi connectivity index (χ2n) is 4.27. The highest BCUT2D eigenvalue weighted by Crippen LogP contribution is 2.25. The summed E-state index contributed by atoms with van der Waals surface area (Å²) >= 11 is 0. The lowest BCUT2D eigenvalue weighted by Crippen LogP contribution is -1.96. The number of carboxylic acid groups (broad SMARTS) is 1. The molecule has 0 amide bonds. The predicted octanol–water partition coefficient (Wildman–Crippen LogP) is 2.98. The van der Waals surface area contributed by atoms with Crippen LogP contribution in [-0.4, -0.2) is 17.3 Å². The zero-order chi connectivity index (χ0) is 12.5. The molecule has 2 aromatic carbocycles. The van der Waals surface area contributed by atoms with E-state index in [0.717, 1.165) is 23.2 Å². The van der Waals surface area contributed by atoms with Gasteiger partial charge >= 0.3 is 5.97 Å². The van der Waals surface area contributed by atoms with Gasteiger partial charge in [-0.2, -0.15) is 0 Å². The Balaban J connectivity index is 2.07. The predicted molar refractivity (Wildman–Crippen MR) is 70.1 cm³/mol. The highest BCUT2D eigenvalue weighted by atomic mass is 16.4. The number of carbonyl (C=O) groups is 1. The van der Waals surface area contributed by atoms with E-state index in [-0.39, 0.29) is 0 Å². The first-order chi connectivity index (χ1) is 8.74. The molecule has 0 radical (unpaired) electrons. The number of fused-ring (bicyclic) bond motifs is 1. The van der Waals surface area contributed by atoms with Crippen molar-refractivity contribution < 1.29 is 9.90 Å². The van der Waals surface area contributed by atoms with Crippen LogP contribution in [0.2, 0.25) is 0 Å². The Morgan fingerprint density at radius 3 is 2.78 bits per heavy atom. The standard InChI is InChI=1S/C15H11NO2/c17-15(18)12-3-1-2-10(6-12)11-4-5-13-8-16-9-14(13)7-11/h1-7,9H,8H2,(H,17,18). The van der Waals surface area contributed by atoms with Gasteiger partial charge in [-0.15, -0.1) is 0 Å². The van der Waals surface area contributed by atoms with Crippen molar-refractivity contribution in [2.24, 2.45) is 4.99 Å². The Labute approximate surface area is 104 Å². The van der Waals surface area contributed by atoms with Crippen LogP contribution in [0.1, 0.15) is 21.5 Å². The fraction of sp³-hybridized carbons (Fsp3) is 0.0667. The third kappa shape index (κ3) is 1.80. The van der Waals surface area contributed by atoms with Crippen molar-refractivity contribution in [3.8, 4) is 11.1 Å². The van der Waals surface area contributed by atoms with Crippen LogP contribution >= 0.6 is 0 Å². The van der Waals surface area contributed by atoms with E-state index in [9.17, 15) is 4.79 Å². The lowest BCUT2D eigenvalue weighted by Gasteiger charge is -2.05. The minimum Gasteiger partial charge on any atom is -0.478 e. The molecule has 1 N–H and O–H groups in total. The van der Waals surface area contributed by atoms with Crippen LogP contribution in [-0.2, 0) is 6.54 Å². The normalized spacial score (nSPS) is 12.4. The minimum absolute atomic E-state index is 0.307. The fourth-order valence-corrected chi connectivity index (χ4v) is 2.11. The molecule has 0 saturated heterocycles. The van der Waals surface area contributed by atoms with Gasteiger partial charge in [0.15, 0.2) is 0 Å². The topological polar surface area (TPSA) is 49.7 Å². The van der Waals surface area contributed by atoms with Gasteiger partial charge in [-0.3, -0.25) is 4.99 Å². The van der Waals surface area contributed by atoms with Gasteiger partial charge in [-0.05, 0) is 40.5 Å². The van der Waals surface area contributed by atoms with Crippen LogP contribution in [0.25, 0.3) is 11.1 Å². The number of benzene rings is 2. The van der Waals surface area contributed by atoms with Crippen molar-refractivity contribution in [1.29, 1.82) is 0 Å². The Hall–Kier alpha value is -2.42. The maximum absolute atomic E-state index is 11.0. The Morgan fingerprint density at radius 2 is 1.94 bits per heavy atom. The van der Waals surface area contributed by atoms with E-state index in [1.165, 1.54) is 5.56 Å². The molecule has 1 aliphatic rings. The molecule has 1 heterocycles. The number of rotatable bonds is 2. The first-order valence-electron chi connectivity index (χ1n) is 5.70. The number of carboxylic acids is 1. The summed E-state index contributed by atoms with van der Waals surface area (Å²) < 4.78 is 0. The molecule has 88 valence electrons. The molecular formula is C15H11NO2. The average Bonchev–Trinajstić information content (AvgIpc) is 2.86. The molecule has 18 heavy (non-hydrogen) atoms. The summed E-state index contributed by atoms with van der Waals surface area (Å²) in [6.07, 6.45) is 1.86. The molecule has 0 bridgehead atoms. The van der Waals surface area contributed by atoms with Crippen LogP contribution < -0.4 is 0 Å². The van der Waals surface area contributed by atoms with Crippen LogP contribution in [0.4, 0.5) is 0 Å². The number of aliphatic imine (C=N–C) groups is 1.